The van der Waals surface area contributed by atoms with Crippen LogP contribution < -0.4 is 5.32 Å². The van der Waals surface area contributed by atoms with Crippen molar-refractivity contribution in [1.82, 2.24) is 5.32 Å². The molecule has 0 heterocycles. The molecule has 0 spiro atoms. The molecule has 1 nitrogen and oxygen atoms in total. The van der Waals surface area contributed by atoms with Gasteiger partial charge in [0.1, 0.15) is 4.32 Å². The molecule has 0 aliphatic heterocycles. The molecule has 18 heavy (non-hydrogen) atoms. The maximum atomic E-state index is 5.31. The van der Waals surface area contributed by atoms with E-state index in [1.54, 1.807) is 0 Å². The zero-order chi connectivity index (χ0) is 13.5. The summed E-state index contributed by atoms with van der Waals surface area (Å²) >= 11 is 7.13. The van der Waals surface area contributed by atoms with E-state index in [9.17, 15) is 0 Å². The quantitative estimate of drug-likeness (QED) is 0.374. The summed E-state index contributed by atoms with van der Waals surface area (Å²) in [5.41, 5.74) is 0. The lowest BCUT2D eigenvalue weighted by atomic mass is 10.1. The van der Waals surface area contributed by atoms with Gasteiger partial charge in [0.2, 0.25) is 0 Å². The van der Waals surface area contributed by atoms with Gasteiger partial charge in [0.15, 0.2) is 0 Å². The van der Waals surface area contributed by atoms with Crippen LogP contribution in [-0.4, -0.2) is 16.6 Å². The summed E-state index contributed by atoms with van der Waals surface area (Å²) in [5, 5.41) is 3.36. The lowest BCUT2D eigenvalue weighted by molar-refractivity contribution is 0.626. The highest BCUT2D eigenvalue weighted by molar-refractivity contribution is 8.22. The molecule has 0 aliphatic rings. The third kappa shape index (κ3) is 14.3. The van der Waals surface area contributed by atoms with Gasteiger partial charge >= 0.3 is 0 Å². The SMILES string of the molecule is CCCCCCCNC(=S)SCCCCCCC. The van der Waals surface area contributed by atoms with Crippen molar-refractivity contribution in [1.29, 1.82) is 0 Å². The summed E-state index contributed by atoms with van der Waals surface area (Å²) in [6, 6.07) is 0. The minimum atomic E-state index is 1.00. The standard InChI is InChI=1S/C15H31NS2/c1-3-5-7-9-11-13-16-15(17)18-14-12-10-8-6-4-2/h3-14H2,1-2H3,(H,16,17). The van der Waals surface area contributed by atoms with Crippen LogP contribution in [0.3, 0.4) is 0 Å². The maximum absolute atomic E-state index is 5.31. The van der Waals surface area contributed by atoms with E-state index in [4.69, 9.17) is 12.2 Å². The highest BCUT2D eigenvalue weighted by Gasteiger charge is 1.97. The van der Waals surface area contributed by atoms with E-state index in [0.717, 1.165) is 10.9 Å². The number of unbranched alkanes of at least 4 members (excludes halogenated alkanes) is 8. The summed E-state index contributed by atoms with van der Waals surface area (Å²) in [5.74, 6) is 1.19. The average Bonchev–Trinajstić information content (AvgIpc) is 2.38. The molecule has 0 rings (SSSR count). The minimum absolute atomic E-state index is 1.00. The first-order valence-corrected chi connectivity index (χ1v) is 9.11. The third-order valence-electron chi connectivity index (χ3n) is 3.03. The van der Waals surface area contributed by atoms with Crippen LogP contribution in [0.25, 0.3) is 0 Å². The van der Waals surface area contributed by atoms with E-state index in [2.05, 4.69) is 19.2 Å². The summed E-state index contributed by atoms with van der Waals surface area (Å²) in [4.78, 5) is 0. The third-order valence-corrected chi connectivity index (χ3v) is 4.43. The zero-order valence-electron chi connectivity index (χ0n) is 12.3. The van der Waals surface area contributed by atoms with Gasteiger partial charge in [-0.25, -0.2) is 0 Å². The largest absolute Gasteiger partial charge is 0.371 e. The Hall–Kier alpha value is 0.240. The molecule has 0 saturated carbocycles. The van der Waals surface area contributed by atoms with E-state index in [1.165, 1.54) is 70.0 Å². The van der Waals surface area contributed by atoms with Crippen molar-refractivity contribution >= 4 is 28.3 Å². The predicted octanol–water partition coefficient (Wildman–Crippen LogP) is 5.53. The normalized spacial score (nSPS) is 10.6. The number of thiocarbonyl (C=S) groups is 1. The van der Waals surface area contributed by atoms with Gasteiger partial charge in [-0.2, -0.15) is 0 Å². The van der Waals surface area contributed by atoms with E-state index in [0.29, 0.717) is 0 Å². The van der Waals surface area contributed by atoms with Crippen LogP contribution in [0, 0.1) is 0 Å². The monoisotopic (exact) mass is 289 g/mol. The van der Waals surface area contributed by atoms with Gasteiger partial charge in [0.05, 0.1) is 0 Å². The summed E-state index contributed by atoms with van der Waals surface area (Å²) in [6.45, 7) is 5.57. The number of hydrogen-bond acceptors (Lipinski definition) is 2. The Balaban J connectivity index is 3.12. The van der Waals surface area contributed by atoms with Crippen LogP contribution in [0.15, 0.2) is 0 Å². The van der Waals surface area contributed by atoms with E-state index in [1.807, 2.05) is 11.8 Å². The van der Waals surface area contributed by atoms with Crippen LogP contribution in [0.2, 0.25) is 0 Å². The van der Waals surface area contributed by atoms with Crippen molar-refractivity contribution in [3.63, 3.8) is 0 Å². The molecule has 0 radical (unpaired) electrons. The Morgan fingerprint density at radius 1 is 0.833 bits per heavy atom. The van der Waals surface area contributed by atoms with Crippen molar-refractivity contribution in [3.8, 4) is 0 Å². The molecule has 0 aliphatic carbocycles. The van der Waals surface area contributed by atoms with E-state index >= 15 is 0 Å². The molecule has 0 amide bonds. The molecule has 0 unspecified atom stereocenters. The van der Waals surface area contributed by atoms with Gasteiger partial charge in [-0.3, -0.25) is 0 Å². The number of rotatable bonds is 12. The predicted molar refractivity (Wildman–Crippen MR) is 90.6 cm³/mol. The maximum Gasteiger partial charge on any atom is 0.133 e. The van der Waals surface area contributed by atoms with Crippen LogP contribution in [0.5, 0.6) is 0 Å². The highest BCUT2D eigenvalue weighted by Crippen LogP contribution is 2.10. The molecule has 0 bridgehead atoms. The van der Waals surface area contributed by atoms with Crippen LogP contribution in [0.1, 0.15) is 78.1 Å². The fourth-order valence-electron chi connectivity index (χ4n) is 1.84. The van der Waals surface area contributed by atoms with Crippen LogP contribution in [0.4, 0.5) is 0 Å². The Morgan fingerprint density at radius 3 is 2.00 bits per heavy atom. The first-order valence-electron chi connectivity index (χ1n) is 7.71. The molecule has 0 saturated heterocycles. The summed E-state index contributed by atoms with van der Waals surface area (Å²) < 4.78 is 1.00. The fraction of sp³-hybridized carbons (Fsp3) is 0.933. The number of hydrogen-bond donors (Lipinski definition) is 1. The van der Waals surface area contributed by atoms with E-state index < -0.39 is 0 Å². The molecule has 108 valence electrons. The molecule has 0 aromatic carbocycles. The topological polar surface area (TPSA) is 12.0 Å². The molecule has 3 heteroatoms. The second-order valence-corrected chi connectivity index (χ2v) is 6.66. The van der Waals surface area contributed by atoms with Gasteiger partial charge in [-0.1, -0.05) is 89.2 Å². The Morgan fingerprint density at radius 2 is 1.39 bits per heavy atom. The van der Waals surface area contributed by atoms with E-state index in [-0.39, 0.29) is 0 Å². The molecule has 0 aromatic rings. The molecule has 1 N–H and O–H groups in total. The van der Waals surface area contributed by atoms with Gasteiger partial charge < -0.3 is 5.32 Å². The Kier molecular flexibility index (Phi) is 15.5. The molecule has 0 fully saturated rings. The van der Waals surface area contributed by atoms with Crippen molar-refractivity contribution in [3.05, 3.63) is 0 Å². The van der Waals surface area contributed by atoms with Crippen molar-refractivity contribution in [2.75, 3.05) is 12.3 Å². The number of nitrogens with one attached hydrogen (secondary N) is 1. The molecular weight excluding hydrogens is 258 g/mol. The summed E-state index contributed by atoms with van der Waals surface area (Å²) in [7, 11) is 0. The lowest BCUT2D eigenvalue weighted by Gasteiger charge is -2.07. The average molecular weight is 290 g/mol. The Bertz CT molecular complexity index is 165. The Labute approximate surface area is 124 Å². The smallest absolute Gasteiger partial charge is 0.133 e. The molecule has 0 aromatic heterocycles. The van der Waals surface area contributed by atoms with Crippen LogP contribution >= 0.6 is 24.0 Å². The van der Waals surface area contributed by atoms with Crippen molar-refractivity contribution in [2.45, 2.75) is 78.1 Å². The van der Waals surface area contributed by atoms with Gasteiger partial charge in [-0.15, -0.1) is 0 Å². The second kappa shape index (κ2) is 15.3. The first-order chi connectivity index (χ1) is 8.81. The summed E-state index contributed by atoms with van der Waals surface area (Å²) in [6.07, 6.45) is 13.4. The zero-order valence-corrected chi connectivity index (χ0v) is 13.9. The highest BCUT2D eigenvalue weighted by atomic mass is 32.2. The number of thioether (sulfide) groups is 1. The minimum Gasteiger partial charge on any atom is -0.371 e. The van der Waals surface area contributed by atoms with Gasteiger partial charge in [0, 0.05) is 12.3 Å². The van der Waals surface area contributed by atoms with Crippen LogP contribution in [-0.2, 0) is 0 Å². The van der Waals surface area contributed by atoms with Gasteiger partial charge in [-0.05, 0) is 12.8 Å². The first kappa shape index (κ1) is 18.2. The van der Waals surface area contributed by atoms with Gasteiger partial charge in [0.25, 0.3) is 0 Å². The second-order valence-electron chi connectivity index (χ2n) is 4.89. The van der Waals surface area contributed by atoms with Crippen molar-refractivity contribution in [2.24, 2.45) is 0 Å². The lowest BCUT2D eigenvalue weighted by Crippen LogP contribution is -2.19. The molecule has 0 atom stereocenters. The fourth-order valence-corrected chi connectivity index (χ4v) is 2.93. The van der Waals surface area contributed by atoms with Crippen molar-refractivity contribution < 1.29 is 0 Å². The molecular formula is C15H31NS2.